The summed E-state index contributed by atoms with van der Waals surface area (Å²) in [6.07, 6.45) is -7.04. The summed E-state index contributed by atoms with van der Waals surface area (Å²) in [5, 5.41) is 10.5. The molecule has 0 unspecified atom stereocenters. The van der Waals surface area contributed by atoms with Crippen molar-refractivity contribution in [2.45, 2.75) is 24.4 Å². The van der Waals surface area contributed by atoms with E-state index in [1.54, 1.807) is 0 Å². The smallest absolute Gasteiger partial charge is 0.460 e. The number of rotatable bonds is 6. The Morgan fingerprint density at radius 3 is 2.21 bits per heavy atom. The molecular weight excluding hydrogens is 355 g/mol. The third-order valence-electron chi connectivity index (χ3n) is 2.75. The van der Waals surface area contributed by atoms with Crippen molar-refractivity contribution >= 4 is 11.7 Å². The van der Waals surface area contributed by atoms with Crippen LogP contribution in [0.25, 0.3) is 0 Å². The second-order valence-corrected chi connectivity index (χ2v) is 4.46. The van der Waals surface area contributed by atoms with Crippen LogP contribution in [0.4, 0.5) is 36.4 Å². The van der Waals surface area contributed by atoms with Gasteiger partial charge in [-0.05, 0) is 5.56 Å². The van der Waals surface area contributed by atoms with Gasteiger partial charge in [-0.15, -0.1) is 0 Å². The van der Waals surface area contributed by atoms with Crippen LogP contribution in [-0.2, 0) is 16.0 Å². The molecule has 0 aliphatic rings. The molecule has 0 heterocycles. The van der Waals surface area contributed by atoms with Crippen molar-refractivity contribution in [2.75, 3.05) is 6.61 Å². The lowest BCUT2D eigenvalue weighted by Crippen LogP contribution is -2.56. The monoisotopic (exact) mass is 363 g/mol. The third kappa shape index (κ3) is 3.92. The highest BCUT2D eigenvalue weighted by atomic mass is 19.4. The van der Waals surface area contributed by atoms with Crippen molar-refractivity contribution in [2.24, 2.45) is 0 Å². The molecule has 1 aromatic rings. The molecule has 0 saturated heterocycles. The zero-order valence-electron chi connectivity index (χ0n) is 11.4. The van der Waals surface area contributed by atoms with E-state index < -0.39 is 41.9 Å². The lowest BCUT2D eigenvalue weighted by molar-refractivity contribution is -0.384. The van der Waals surface area contributed by atoms with Gasteiger partial charge in [-0.2, -0.15) is 30.7 Å². The molecule has 0 amide bonds. The minimum absolute atomic E-state index is 0.128. The molecule has 0 aromatic heterocycles. The van der Waals surface area contributed by atoms with Crippen LogP contribution in [0.1, 0.15) is 5.56 Å². The summed E-state index contributed by atoms with van der Waals surface area (Å²) in [7, 11) is 0. The first-order valence-electron chi connectivity index (χ1n) is 6.03. The van der Waals surface area contributed by atoms with Crippen LogP contribution in [-0.4, -0.2) is 35.5 Å². The maximum atomic E-state index is 13.0. The number of carbonyl (C=O) groups is 1. The minimum atomic E-state index is -6.64. The number of ether oxygens (including phenoxy) is 1. The summed E-state index contributed by atoms with van der Waals surface area (Å²) in [5.74, 6) is -15.7. The van der Waals surface area contributed by atoms with E-state index in [1.807, 2.05) is 0 Å². The average Bonchev–Trinajstić information content (AvgIpc) is 2.46. The van der Waals surface area contributed by atoms with Gasteiger partial charge >= 0.3 is 24.0 Å². The van der Waals surface area contributed by atoms with E-state index in [0.717, 1.165) is 12.1 Å². The van der Waals surface area contributed by atoms with E-state index in [-0.39, 0.29) is 11.3 Å². The first-order chi connectivity index (χ1) is 10.8. The molecule has 5 nitrogen and oxygen atoms in total. The van der Waals surface area contributed by atoms with Gasteiger partial charge in [-0.3, -0.25) is 10.1 Å². The standard InChI is InChI=1S/C12H8F7NO4/c13-10(14,11(15,16)12(17,18)19)9(21)24-5-4-7-2-1-3-8(6-7)20(22)23/h1-3,6H,4-5H2. The summed E-state index contributed by atoms with van der Waals surface area (Å²) in [5.41, 5.74) is -0.240. The molecular formula is C12H8F7NO4. The average molecular weight is 363 g/mol. The second kappa shape index (κ2) is 6.61. The highest BCUT2D eigenvalue weighted by molar-refractivity contribution is 5.79. The van der Waals surface area contributed by atoms with Crippen molar-refractivity contribution < 1.29 is 45.2 Å². The van der Waals surface area contributed by atoms with Gasteiger partial charge in [0.1, 0.15) is 0 Å². The number of esters is 1. The van der Waals surface area contributed by atoms with Gasteiger partial charge in [0.2, 0.25) is 0 Å². The predicted octanol–water partition coefficient (Wildman–Crippen LogP) is 3.51. The molecule has 12 heteroatoms. The number of non-ortho nitro benzene ring substituents is 1. The summed E-state index contributed by atoms with van der Waals surface area (Å²) in [6.45, 7) is -0.969. The van der Waals surface area contributed by atoms with Crippen molar-refractivity contribution in [1.29, 1.82) is 0 Å². The number of benzene rings is 1. The third-order valence-corrected chi connectivity index (χ3v) is 2.75. The molecule has 0 bridgehead atoms. The summed E-state index contributed by atoms with van der Waals surface area (Å²) >= 11 is 0. The fourth-order valence-corrected chi connectivity index (χ4v) is 1.48. The molecule has 0 atom stereocenters. The summed E-state index contributed by atoms with van der Waals surface area (Å²) < 4.78 is 90.5. The van der Waals surface area contributed by atoms with E-state index in [2.05, 4.69) is 4.74 Å². The van der Waals surface area contributed by atoms with E-state index in [0.29, 0.717) is 0 Å². The Bertz CT molecular complexity index is 630. The normalized spacial score (nSPS) is 12.8. The highest BCUT2D eigenvalue weighted by Gasteiger charge is 2.77. The number of nitro benzene ring substituents is 1. The number of nitrogens with zero attached hydrogens (tertiary/aromatic N) is 1. The molecule has 0 N–H and O–H groups in total. The molecule has 1 rings (SSSR count). The maximum absolute atomic E-state index is 13.0. The first-order valence-corrected chi connectivity index (χ1v) is 6.03. The van der Waals surface area contributed by atoms with Gasteiger partial charge < -0.3 is 4.74 Å². The Morgan fingerprint density at radius 1 is 1.12 bits per heavy atom. The topological polar surface area (TPSA) is 69.4 Å². The van der Waals surface area contributed by atoms with Crippen LogP contribution >= 0.6 is 0 Å². The quantitative estimate of drug-likeness (QED) is 0.336. The summed E-state index contributed by atoms with van der Waals surface area (Å²) in [6, 6.07) is 4.61. The van der Waals surface area contributed by atoms with E-state index in [4.69, 9.17) is 0 Å². The number of carbonyl (C=O) groups excluding carboxylic acids is 1. The lowest BCUT2D eigenvalue weighted by Gasteiger charge is -2.26. The Labute approximate surface area is 129 Å². The van der Waals surface area contributed by atoms with Crippen molar-refractivity contribution in [3.63, 3.8) is 0 Å². The zero-order valence-corrected chi connectivity index (χ0v) is 11.4. The molecule has 1 aromatic carbocycles. The fraction of sp³-hybridized carbons (Fsp3) is 0.417. The van der Waals surface area contributed by atoms with Crippen LogP contribution in [0.3, 0.4) is 0 Å². The van der Waals surface area contributed by atoms with Crippen LogP contribution in [0, 0.1) is 10.1 Å². The molecule has 134 valence electrons. The molecule has 0 aliphatic carbocycles. The second-order valence-electron chi connectivity index (χ2n) is 4.46. The van der Waals surface area contributed by atoms with E-state index in [1.165, 1.54) is 12.1 Å². The Morgan fingerprint density at radius 2 is 1.71 bits per heavy atom. The summed E-state index contributed by atoms with van der Waals surface area (Å²) in [4.78, 5) is 20.6. The van der Waals surface area contributed by atoms with Crippen molar-refractivity contribution in [3.05, 3.63) is 39.9 Å². The van der Waals surface area contributed by atoms with Gasteiger partial charge in [-0.25, -0.2) is 4.79 Å². The van der Waals surface area contributed by atoms with Crippen molar-refractivity contribution in [3.8, 4) is 0 Å². The molecule has 0 radical (unpaired) electrons. The number of nitro groups is 1. The van der Waals surface area contributed by atoms with Crippen LogP contribution in [0.5, 0.6) is 0 Å². The van der Waals surface area contributed by atoms with Gasteiger partial charge in [0.15, 0.2) is 0 Å². The first kappa shape index (κ1) is 19.6. The van der Waals surface area contributed by atoms with Gasteiger partial charge in [-0.1, -0.05) is 12.1 Å². The molecule has 24 heavy (non-hydrogen) atoms. The highest BCUT2D eigenvalue weighted by Crippen LogP contribution is 2.46. The van der Waals surface area contributed by atoms with Crippen LogP contribution < -0.4 is 0 Å². The van der Waals surface area contributed by atoms with E-state index in [9.17, 15) is 45.6 Å². The number of hydrogen-bond acceptors (Lipinski definition) is 4. The molecule has 0 saturated carbocycles. The van der Waals surface area contributed by atoms with Crippen LogP contribution in [0.15, 0.2) is 24.3 Å². The van der Waals surface area contributed by atoms with Gasteiger partial charge in [0, 0.05) is 18.6 Å². The Hall–Kier alpha value is -2.40. The minimum Gasteiger partial charge on any atom is -0.461 e. The molecule has 0 spiro atoms. The number of alkyl halides is 7. The van der Waals surface area contributed by atoms with Gasteiger partial charge in [0.25, 0.3) is 5.69 Å². The molecule has 0 aliphatic heterocycles. The van der Waals surface area contributed by atoms with Crippen LogP contribution in [0.2, 0.25) is 0 Å². The van der Waals surface area contributed by atoms with Crippen molar-refractivity contribution in [1.82, 2.24) is 0 Å². The zero-order chi connectivity index (χ0) is 18.8. The SMILES string of the molecule is O=C(OCCc1cccc([N+](=O)[O-])c1)C(F)(F)C(F)(F)C(F)(F)F. The Balaban J connectivity index is 2.73. The largest absolute Gasteiger partial charge is 0.461 e. The lowest BCUT2D eigenvalue weighted by atomic mass is 10.1. The predicted molar refractivity (Wildman–Crippen MR) is 63.7 cm³/mol. The van der Waals surface area contributed by atoms with E-state index >= 15 is 0 Å². The maximum Gasteiger partial charge on any atom is 0.460 e. The number of hydrogen-bond donors (Lipinski definition) is 0. The number of halogens is 7. The molecule has 0 fully saturated rings. The Kier molecular flexibility index (Phi) is 5.41. The fourth-order valence-electron chi connectivity index (χ4n) is 1.48. The van der Waals surface area contributed by atoms with Gasteiger partial charge in [0.05, 0.1) is 11.5 Å².